The largest absolute Gasteiger partial charge is 0.459 e. The molecule has 9 heteroatoms. The van der Waals surface area contributed by atoms with Gasteiger partial charge in [0, 0.05) is 25.6 Å². The molecular weight excluding hydrogens is 404 g/mol. The van der Waals surface area contributed by atoms with Gasteiger partial charge in [-0.2, -0.15) is 0 Å². The second kappa shape index (κ2) is 15.9. The Kier molecular flexibility index (Phi) is 14.5. The maximum absolute atomic E-state index is 11.7. The number of hydrogen-bond acceptors (Lipinski definition) is 7. The summed E-state index contributed by atoms with van der Waals surface area (Å²) in [7, 11) is 0. The minimum Gasteiger partial charge on any atom is -0.459 e. The highest BCUT2D eigenvalue weighted by Gasteiger charge is 2.22. The summed E-state index contributed by atoms with van der Waals surface area (Å²) < 4.78 is 14.7. The number of esters is 1. The van der Waals surface area contributed by atoms with Crippen molar-refractivity contribution >= 4 is 23.9 Å². The summed E-state index contributed by atoms with van der Waals surface area (Å²) in [5, 5.41) is 5.39. The number of alkyl carbamates (subject to hydrolysis) is 2. The van der Waals surface area contributed by atoms with E-state index in [4.69, 9.17) is 14.2 Å². The van der Waals surface area contributed by atoms with Crippen LogP contribution >= 0.6 is 0 Å². The standard InChI is InChI=1S/C22H36N2O7/c1-6-18(25)9-8-12-30-20(27)23-11-10-22(4,5)15-17(3)16-24-21(28)31-14-13-29-19(26)7-2/h6-7,17H,1-2,8-16H2,3-5H3,(H,23,27)(H,24,28). The van der Waals surface area contributed by atoms with Gasteiger partial charge in [0.25, 0.3) is 0 Å². The Morgan fingerprint density at radius 3 is 2.19 bits per heavy atom. The van der Waals surface area contributed by atoms with E-state index in [0.29, 0.717) is 25.9 Å². The van der Waals surface area contributed by atoms with E-state index in [1.54, 1.807) is 0 Å². The van der Waals surface area contributed by atoms with Crippen molar-refractivity contribution in [2.75, 3.05) is 32.9 Å². The van der Waals surface area contributed by atoms with E-state index in [9.17, 15) is 19.2 Å². The predicted octanol–water partition coefficient (Wildman–Crippen LogP) is 3.15. The highest BCUT2D eigenvalue weighted by Crippen LogP contribution is 2.28. The van der Waals surface area contributed by atoms with Crippen LogP contribution in [0.1, 0.15) is 46.5 Å². The first-order chi connectivity index (χ1) is 14.6. The number of hydrogen-bond donors (Lipinski definition) is 2. The number of amides is 2. The second-order valence-electron chi connectivity index (χ2n) is 7.95. The van der Waals surface area contributed by atoms with E-state index < -0.39 is 18.2 Å². The Morgan fingerprint density at radius 1 is 0.935 bits per heavy atom. The molecule has 0 radical (unpaired) electrons. The first-order valence-electron chi connectivity index (χ1n) is 10.4. The summed E-state index contributed by atoms with van der Waals surface area (Å²) in [4.78, 5) is 45.3. The Hall–Kier alpha value is -2.84. The number of allylic oxidation sites excluding steroid dienone is 1. The van der Waals surface area contributed by atoms with Gasteiger partial charge in [-0.15, -0.1) is 0 Å². The lowest BCUT2D eigenvalue weighted by Crippen LogP contribution is -2.33. The Labute approximate surface area is 184 Å². The first kappa shape index (κ1) is 28.2. The number of ketones is 1. The highest BCUT2D eigenvalue weighted by atomic mass is 16.6. The average Bonchev–Trinajstić information content (AvgIpc) is 2.71. The third-order valence-electron chi connectivity index (χ3n) is 4.32. The molecular formula is C22H36N2O7. The molecule has 0 bridgehead atoms. The van der Waals surface area contributed by atoms with Crippen LogP contribution in [-0.4, -0.2) is 56.8 Å². The van der Waals surface area contributed by atoms with Crippen molar-refractivity contribution in [3.63, 3.8) is 0 Å². The molecule has 0 aliphatic carbocycles. The normalized spacial score (nSPS) is 11.6. The highest BCUT2D eigenvalue weighted by molar-refractivity contribution is 5.88. The maximum atomic E-state index is 11.7. The molecule has 0 spiro atoms. The molecule has 1 unspecified atom stereocenters. The lowest BCUT2D eigenvalue weighted by atomic mass is 9.80. The molecule has 1 atom stereocenters. The van der Waals surface area contributed by atoms with Crippen molar-refractivity contribution in [1.29, 1.82) is 0 Å². The van der Waals surface area contributed by atoms with Gasteiger partial charge in [0.2, 0.25) is 0 Å². The van der Waals surface area contributed by atoms with Crippen LogP contribution in [-0.2, 0) is 23.8 Å². The minimum atomic E-state index is -0.571. The first-order valence-corrected chi connectivity index (χ1v) is 10.4. The minimum absolute atomic E-state index is 0.0246. The molecule has 2 N–H and O–H groups in total. The molecule has 0 heterocycles. The van der Waals surface area contributed by atoms with E-state index in [2.05, 4.69) is 37.6 Å². The SMILES string of the molecule is C=CC(=O)CCCOC(=O)NCCC(C)(C)CC(C)CNC(=O)OCCOC(=O)C=C. The summed E-state index contributed by atoms with van der Waals surface area (Å²) in [5.41, 5.74) is -0.0620. The van der Waals surface area contributed by atoms with Gasteiger partial charge in [-0.3, -0.25) is 4.79 Å². The lowest BCUT2D eigenvalue weighted by molar-refractivity contribution is -0.138. The number of carbonyl (C=O) groups is 4. The Balaban J connectivity index is 3.93. The summed E-state index contributed by atoms with van der Waals surface area (Å²) in [5.74, 6) is -0.449. The second-order valence-corrected chi connectivity index (χ2v) is 7.95. The smallest absolute Gasteiger partial charge is 0.407 e. The van der Waals surface area contributed by atoms with Crippen molar-refractivity contribution in [3.8, 4) is 0 Å². The predicted molar refractivity (Wildman–Crippen MR) is 116 cm³/mol. The third-order valence-corrected chi connectivity index (χ3v) is 4.32. The summed E-state index contributed by atoms with van der Waals surface area (Å²) in [6.45, 7) is 13.9. The van der Waals surface area contributed by atoms with Crippen molar-refractivity contribution in [1.82, 2.24) is 10.6 Å². The van der Waals surface area contributed by atoms with Gasteiger partial charge in [-0.25, -0.2) is 14.4 Å². The molecule has 9 nitrogen and oxygen atoms in total. The van der Waals surface area contributed by atoms with Gasteiger partial charge in [0.05, 0.1) is 6.61 Å². The lowest BCUT2D eigenvalue weighted by Gasteiger charge is -2.28. The fraction of sp³-hybridized carbons (Fsp3) is 0.636. The van der Waals surface area contributed by atoms with Crippen molar-refractivity contribution in [2.24, 2.45) is 11.3 Å². The van der Waals surface area contributed by atoms with Gasteiger partial charge >= 0.3 is 18.2 Å². The monoisotopic (exact) mass is 440 g/mol. The average molecular weight is 441 g/mol. The molecule has 0 fully saturated rings. The summed E-state index contributed by atoms with van der Waals surface area (Å²) >= 11 is 0. The topological polar surface area (TPSA) is 120 Å². The van der Waals surface area contributed by atoms with Crippen LogP contribution in [0.5, 0.6) is 0 Å². The molecule has 0 aromatic carbocycles. The van der Waals surface area contributed by atoms with Gasteiger partial charge in [-0.1, -0.05) is 33.9 Å². The Bertz CT molecular complexity index is 617. The van der Waals surface area contributed by atoms with Gasteiger partial charge in [0.15, 0.2) is 5.78 Å². The third kappa shape index (κ3) is 16.6. The molecule has 31 heavy (non-hydrogen) atoms. The molecule has 0 aromatic rings. The van der Waals surface area contributed by atoms with Crippen LogP contribution < -0.4 is 10.6 Å². The zero-order valence-electron chi connectivity index (χ0n) is 18.9. The van der Waals surface area contributed by atoms with Crippen LogP contribution in [0.4, 0.5) is 9.59 Å². The van der Waals surface area contributed by atoms with Crippen molar-refractivity contribution < 1.29 is 33.4 Å². The molecule has 2 amide bonds. The number of ether oxygens (including phenoxy) is 3. The molecule has 0 saturated carbocycles. The fourth-order valence-corrected chi connectivity index (χ4v) is 2.83. The van der Waals surface area contributed by atoms with Crippen molar-refractivity contribution in [2.45, 2.75) is 46.5 Å². The van der Waals surface area contributed by atoms with E-state index in [1.807, 2.05) is 6.92 Å². The van der Waals surface area contributed by atoms with Crippen LogP contribution in [0.15, 0.2) is 25.3 Å². The zero-order chi connectivity index (χ0) is 23.7. The molecule has 0 aliphatic heterocycles. The molecule has 0 aliphatic rings. The van der Waals surface area contributed by atoms with Gasteiger partial charge < -0.3 is 24.8 Å². The van der Waals surface area contributed by atoms with Gasteiger partial charge in [0.1, 0.15) is 13.2 Å². The van der Waals surface area contributed by atoms with Crippen LogP contribution in [0.25, 0.3) is 0 Å². The molecule has 176 valence electrons. The van der Waals surface area contributed by atoms with Crippen molar-refractivity contribution in [3.05, 3.63) is 25.3 Å². The quantitative estimate of drug-likeness (QED) is 0.164. The fourth-order valence-electron chi connectivity index (χ4n) is 2.83. The van der Waals surface area contributed by atoms with Crippen LogP contribution in [0.2, 0.25) is 0 Å². The number of carbonyl (C=O) groups excluding carboxylic acids is 4. The van der Waals surface area contributed by atoms with E-state index >= 15 is 0 Å². The molecule has 0 aromatic heterocycles. The Morgan fingerprint density at radius 2 is 1.55 bits per heavy atom. The molecule has 0 rings (SSSR count). The summed E-state index contributed by atoms with van der Waals surface area (Å²) in [6, 6.07) is 0. The summed E-state index contributed by atoms with van der Waals surface area (Å²) in [6.07, 6.45) is 3.56. The maximum Gasteiger partial charge on any atom is 0.407 e. The van der Waals surface area contributed by atoms with Gasteiger partial charge in [-0.05, 0) is 36.7 Å². The van der Waals surface area contributed by atoms with E-state index in [1.165, 1.54) is 6.08 Å². The van der Waals surface area contributed by atoms with Crippen LogP contribution in [0, 0.1) is 11.3 Å². The number of rotatable bonds is 16. The zero-order valence-corrected chi connectivity index (χ0v) is 18.9. The van der Waals surface area contributed by atoms with Crippen LogP contribution in [0.3, 0.4) is 0 Å². The van der Waals surface area contributed by atoms with E-state index in [-0.39, 0.29) is 36.9 Å². The molecule has 0 saturated heterocycles. The van der Waals surface area contributed by atoms with E-state index in [0.717, 1.165) is 18.9 Å². The number of nitrogens with one attached hydrogen (secondary N) is 2.